The molecule has 0 unspecified atom stereocenters. The van der Waals surface area contributed by atoms with Crippen LogP contribution in [0.2, 0.25) is 0 Å². The van der Waals surface area contributed by atoms with Crippen molar-refractivity contribution in [2.75, 3.05) is 60.2 Å². The molecule has 3 aromatic rings. The first-order valence-corrected chi connectivity index (χ1v) is 13.3. The summed E-state index contributed by atoms with van der Waals surface area (Å²) in [6.45, 7) is 4.06. The third-order valence-corrected chi connectivity index (χ3v) is 6.68. The number of carbonyl (C=O) groups excluding carboxylic acids is 1. The molecule has 1 aliphatic heterocycles. The van der Waals surface area contributed by atoms with E-state index < -0.39 is 17.2 Å². The van der Waals surface area contributed by atoms with Gasteiger partial charge in [0.15, 0.2) is 23.1 Å². The summed E-state index contributed by atoms with van der Waals surface area (Å²) in [6.07, 6.45) is 3.74. The fraction of sp³-hybridized carbons (Fsp3) is 0.448. The number of methoxy groups -OCH3 is 2. The van der Waals surface area contributed by atoms with Crippen molar-refractivity contribution >= 4 is 5.91 Å². The minimum absolute atomic E-state index is 0.0127. The molecule has 12 heteroatoms. The number of halogens is 2. The van der Waals surface area contributed by atoms with Crippen LogP contribution in [0.4, 0.5) is 8.78 Å². The van der Waals surface area contributed by atoms with Crippen LogP contribution in [0.3, 0.4) is 0 Å². The topological polar surface area (TPSA) is 98.5 Å². The SMILES string of the molecule is COCC(=O)N1CCN(Cc2ccc(OCCn3cc(C)cn3)c(OC)c2)C[C@](O)(COc2ccc(F)c(F)c2)C1. The number of aliphatic hydroxyl groups is 1. The van der Waals surface area contributed by atoms with Crippen LogP contribution in [0.25, 0.3) is 0 Å². The zero-order valence-electron chi connectivity index (χ0n) is 23.5. The lowest BCUT2D eigenvalue weighted by Gasteiger charge is -2.33. The molecule has 0 saturated carbocycles. The fourth-order valence-corrected chi connectivity index (χ4v) is 4.71. The smallest absolute Gasteiger partial charge is 0.248 e. The summed E-state index contributed by atoms with van der Waals surface area (Å²) >= 11 is 0. The lowest BCUT2D eigenvalue weighted by molar-refractivity contribution is -0.138. The molecule has 0 spiro atoms. The largest absolute Gasteiger partial charge is 0.493 e. The number of ether oxygens (including phenoxy) is 4. The van der Waals surface area contributed by atoms with Gasteiger partial charge in [0, 0.05) is 45.6 Å². The van der Waals surface area contributed by atoms with Crippen molar-refractivity contribution in [2.45, 2.75) is 25.6 Å². The Kier molecular flexibility index (Phi) is 10.1. The molecule has 1 saturated heterocycles. The van der Waals surface area contributed by atoms with Crippen LogP contribution in [-0.4, -0.2) is 96.4 Å². The Hall–Kier alpha value is -3.74. The first kappa shape index (κ1) is 30.2. The molecule has 41 heavy (non-hydrogen) atoms. The van der Waals surface area contributed by atoms with Gasteiger partial charge in [-0.2, -0.15) is 5.10 Å². The van der Waals surface area contributed by atoms with Crippen LogP contribution < -0.4 is 14.2 Å². The fourth-order valence-electron chi connectivity index (χ4n) is 4.71. The Labute approximate surface area is 238 Å². The summed E-state index contributed by atoms with van der Waals surface area (Å²) in [5.41, 5.74) is 0.495. The van der Waals surface area contributed by atoms with Crippen molar-refractivity contribution in [2.24, 2.45) is 0 Å². The van der Waals surface area contributed by atoms with E-state index in [-0.39, 0.29) is 38.0 Å². The molecule has 10 nitrogen and oxygen atoms in total. The summed E-state index contributed by atoms with van der Waals surface area (Å²) < 4.78 is 51.0. The normalized spacial score (nSPS) is 17.8. The average molecular weight is 575 g/mol. The van der Waals surface area contributed by atoms with Crippen molar-refractivity contribution in [3.8, 4) is 17.2 Å². The van der Waals surface area contributed by atoms with Gasteiger partial charge in [-0.25, -0.2) is 8.78 Å². The molecule has 0 radical (unpaired) electrons. The summed E-state index contributed by atoms with van der Waals surface area (Å²) in [5.74, 6) is -1.06. The Bertz CT molecular complexity index is 1320. The number of hydrogen-bond donors (Lipinski definition) is 1. The highest BCUT2D eigenvalue weighted by Gasteiger charge is 2.37. The second kappa shape index (κ2) is 13.7. The summed E-state index contributed by atoms with van der Waals surface area (Å²) in [5, 5.41) is 15.8. The summed E-state index contributed by atoms with van der Waals surface area (Å²) in [4.78, 5) is 16.2. The Balaban J connectivity index is 1.44. The van der Waals surface area contributed by atoms with Gasteiger partial charge in [0.05, 0.1) is 26.4 Å². The molecule has 1 N–H and O–H groups in total. The minimum Gasteiger partial charge on any atom is -0.493 e. The maximum absolute atomic E-state index is 13.7. The number of hydrogen-bond acceptors (Lipinski definition) is 8. The van der Waals surface area contributed by atoms with Crippen LogP contribution in [-0.2, 0) is 22.6 Å². The number of amides is 1. The Morgan fingerprint density at radius 1 is 1.05 bits per heavy atom. The molecule has 2 aromatic carbocycles. The molecular formula is C29H36F2N4O6. The number of nitrogens with zero attached hydrogens (tertiary/aromatic N) is 4. The van der Waals surface area contributed by atoms with E-state index in [0.29, 0.717) is 44.3 Å². The van der Waals surface area contributed by atoms with Crippen molar-refractivity contribution in [1.29, 1.82) is 0 Å². The highest BCUT2D eigenvalue weighted by atomic mass is 19.2. The maximum atomic E-state index is 13.7. The second-order valence-electron chi connectivity index (χ2n) is 10.2. The molecule has 222 valence electrons. The van der Waals surface area contributed by atoms with Gasteiger partial charge in [-0.05, 0) is 42.3 Å². The van der Waals surface area contributed by atoms with E-state index in [2.05, 4.69) is 5.10 Å². The van der Waals surface area contributed by atoms with E-state index in [1.165, 1.54) is 18.1 Å². The molecule has 4 rings (SSSR count). The zero-order valence-corrected chi connectivity index (χ0v) is 23.5. The number of aryl methyl sites for hydroxylation is 1. The van der Waals surface area contributed by atoms with Crippen molar-refractivity contribution in [3.05, 3.63) is 71.6 Å². The summed E-state index contributed by atoms with van der Waals surface area (Å²) in [7, 11) is 3.00. The van der Waals surface area contributed by atoms with Crippen LogP contribution in [0, 0.1) is 18.6 Å². The van der Waals surface area contributed by atoms with Gasteiger partial charge in [0.2, 0.25) is 5.91 Å². The zero-order chi connectivity index (χ0) is 29.4. The van der Waals surface area contributed by atoms with Crippen LogP contribution in [0.15, 0.2) is 48.8 Å². The lowest BCUT2D eigenvalue weighted by Crippen LogP contribution is -2.52. The maximum Gasteiger partial charge on any atom is 0.248 e. The van der Waals surface area contributed by atoms with E-state index >= 15 is 0 Å². The highest BCUT2D eigenvalue weighted by molar-refractivity contribution is 5.77. The van der Waals surface area contributed by atoms with Gasteiger partial charge < -0.3 is 29.0 Å². The van der Waals surface area contributed by atoms with Gasteiger partial charge >= 0.3 is 0 Å². The molecule has 1 atom stereocenters. The molecule has 1 amide bonds. The van der Waals surface area contributed by atoms with Crippen LogP contribution in [0.1, 0.15) is 11.1 Å². The van der Waals surface area contributed by atoms with Gasteiger partial charge in [0.25, 0.3) is 0 Å². The molecular weight excluding hydrogens is 538 g/mol. The van der Waals surface area contributed by atoms with Crippen molar-refractivity contribution < 1.29 is 37.6 Å². The quantitative estimate of drug-likeness (QED) is 0.353. The van der Waals surface area contributed by atoms with E-state index in [1.54, 1.807) is 13.3 Å². The first-order chi connectivity index (χ1) is 19.7. The Morgan fingerprint density at radius 3 is 2.59 bits per heavy atom. The molecule has 0 bridgehead atoms. The van der Waals surface area contributed by atoms with Gasteiger partial charge in [-0.3, -0.25) is 14.4 Å². The Morgan fingerprint density at radius 2 is 1.88 bits per heavy atom. The molecule has 1 fully saturated rings. The predicted octanol–water partition coefficient (Wildman–Crippen LogP) is 2.66. The van der Waals surface area contributed by atoms with Gasteiger partial charge in [-0.15, -0.1) is 0 Å². The van der Waals surface area contributed by atoms with Crippen LogP contribution in [0.5, 0.6) is 17.2 Å². The second-order valence-corrected chi connectivity index (χ2v) is 10.2. The van der Waals surface area contributed by atoms with Crippen molar-refractivity contribution in [3.63, 3.8) is 0 Å². The first-order valence-electron chi connectivity index (χ1n) is 13.3. The number of benzene rings is 2. The van der Waals surface area contributed by atoms with Crippen molar-refractivity contribution in [1.82, 2.24) is 19.6 Å². The van der Waals surface area contributed by atoms with Crippen LogP contribution >= 0.6 is 0 Å². The lowest BCUT2D eigenvalue weighted by atomic mass is 10.0. The molecule has 1 aliphatic rings. The van der Waals surface area contributed by atoms with E-state index in [0.717, 1.165) is 23.3 Å². The highest BCUT2D eigenvalue weighted by Crippen LogP contribution is 2.29. The molecule has 2 heterocycles. The van der Waals surface area contributed by atoms with E-state index in [9.17, 15) is 18.7 Å². The monoisotopic (exact) mass is 574 g/mol. The molecule has 1 aromatic heterocycles. The number of rotatable bonds is 12. The molecule has 0 aliphatic carbocycles. The van der Waals surface area contributed by atoms with Gasteiger partial charge in [-0.1, -0.05) is 6.07 Å². The average Bonchev–Trinajstić information content (AvgIpc) is 3.28. The summed E-state index contributed by atoms with van der Waals surface area (Å²) in [6, 6.07) is 8.81. The third kappa shape index (κ3) is 8.38. The predicted molar refractivity (Wildman–Crippen MR) is 146 cm³/mol. The standard InChI is InChI=1S/C29H36F2N4O6/c1-21-14-32-35(15-21)10-11-40-26-7-4-22(12-27(26)39-3)16-33-8-9-34(28(36)17-38-2)19-29(37,18-33)20-41-23-5-6-24(30)25(31)13-23/h4-7,12-15,37H,8-11,16-20H2,1-3H3/t29-/m1/s1. The van der Waals surface area contributed by atoms with E-state index in [4.69, 9.17) is 18.9 Å². The third-order valence-electron chi connectivity index (χ3n) is 6.68. The van der Waals surface area contributed by atoms with E-state index in [1.807, 2.05) is 40.9 Å². The number of β-amino-alcohol motifs (C(OH)–C–C–N with tert-alkyl or cyclic N) is 1. The number of aromatic nitrogens is 2. The minimum atomic E-state index is -1.50. The number of carbonyl (C=O) groups is 1. The van der Waals surface area contributed by atoms with Gasteiger partial charge in [0.1, 0.15) is 31.2 Å².